The fourth-order valence-corrected chi connectivity index (χ4v) is 3.52. The number of rotatable bonds is 8. The molecule has 0 saturated heterocycles. The molecule has 0 unspecified atom stereocenters. The van der Waals surface area contributed by atoms with E-state index in [4.69, 9.17) is 4.74 Å². The average molecular weight is 433 g/mol. The standard InChI is InChI=1S/C24H24FN5O2/c1-29-13-11-26-23(29)22-21(18-7-9-20(25)10-8-18)15-28-30(22)14-12-27-24(31)19-5-3-17(4-6-19)16-32-2/h3-11,13,15H,12,14,16H2,1-2H3,(H,27,31). The molecular weight excluding hydrogens is 409 g/mol. The van der Waals surface area contributed by atoms with Gasteiger partial charge in [0.2, 0.25) is 0 Å². The first kappa shape index (κ1) is 21.5. The zero-order valence-electron chi connectivity index (χ0n) is 18.0. The molecule has 8 heteroatoms. The second kappa shape index (κ2) is 9.57. The summed E-state index contributed by atoms with van der Waals surface area (Å²) in [6.07, 6.45) is 5.32. The zero-order chi connectivity index (χ0) is 22.5. The van der Waals surface area contributed by atoms with Gasteiger partial charge >= 0.3 is 0 Å². The van der Waals surface area contributed by atoms with E-state index in [-0.39, 0.29) is 11.7 Å². The lowest BCUT2D eigenvalue weighted by atomic mass is 10.1. The van der Waals surface area contributed by atoms with Crippen molar-refractivity contribution < 1.29 is 13.9 Å². The smallest absolute Gasteiger partial charge is 0.251 e. The molecule has 0 aliphatic rings. The summed E-state index contributed by atoms with van der Waals surface area (Å²) in [6, 6.07) is 13.6. The lowest BCUT2D eigenvalue weighted by Crippen LogP contribution is -2.27. The quantitative estimate of drug-likeness (QED) is 0.460. The van der Waals surface area contributed by atoms with Gasteiger partial charge in [-0.3, -0.25) is 9.48 Å². The van der Waals surface area contributed by atoms with E-state index in [1.807, 2.05) is 34.6 Å². The monoisotopic (exact) mass is 433 g/mol. The maximum absolute atomic E-state index is 13.4. The van der Waals surface area contributed by atoms with E-state index < -0.39 is 0 Å². The van der Waals surface area contributed by atoms with Crippen LogP contribution in [0.5, 0.6) is 0 Å². The molecule has 0 bridgehead atoms. The molecule has 0 aliphatic heterocycles. The highest BCUT2D eigenvalue weighted by atomic mass is 19.1. The van der Waals surface area contributed by atoms with Crippen LogP contribution >= 0.6 is 0 Å². The minimum Gasteiger partial charge on any atom is -0.380 e. The first-order chi connectivity index (χ1) is 15.6. The Morgan fingerprint density at radius 3 is 2.53 bits per heavy atom. The van der Waals surface area contributed by atoms with Crippen LogP contribution in [0.1, 0.15) is 15.9 Å². The SMILES string of the molecule is COCc1ccc(C(=O)NCCn2ncc(-c3ccc(F)cc3)c2-c2nccn2C)cc1. The summed E-state index contributed by atoms with van der Waals surface area (Å²) in [5.74, 6) is 0.290. The van der Waals surface area contributed by atoms with E-state index >= 15 is 0 Å². The molecule has 4 rings (SSSR count). The number of halogens is 1. The van der Waals surface area contributed by atoms with Gasteiger partial charge in [-0.1, -0.05) is 24.3 Å². The number of methoxy groups -OCH3 is 1. The first-order valence-corrected chi connectivity index (χ1v) is 10.2. The molecule has 1 N–H and O–H groups in total. The third-order valence-corrected chi connectivity index (χ3v) is 5.16. The van der Waals surface area contributed by atoms with Crippen molar-refractivity contribution in [2.45, 2.75) is 13.2 Å². The van der Waals surface area contributed by atoms with Crippen molar-refractivity contribution in [3.8, 4) is 22.6 Å². The van der Waals surface area contributed by atoms with Gasteiger partial charge in [0.1, 0.15) is 11.5 Å². The first-order valence-electron chi connectivity index (χ1n) is 10.2. The van der Waals surface area contributed by atoms with Gasteiger partial charge in [-0.2, -0.15) is 5.10 Å². The number of imidazole rings is 1. The summed E-state index contributed by atoms with van der Waals surface area (Å²) >= 11 is 0. The number of carbonyl (C=O) groups is 1. The predicted octanol–water partition coefficient (Wildman–Crippen LogP) is 3.67. The third-order valence-electron chi connectivity index (χ3n) is 5.16. The van der Waals surface area contributed by atoms with Crippen molar-refractivity contribution in [1.29, 1.82) is 0 Å². The second-order valence-electron chi connectivity index (χ2n) is 7.38. The highest BCUT2D eigenvalue weighted by molar-refractivity contribution is 5.94. The number of nitrogens with one attached hydrogen (secondary N) is 1. The van der Waals surface area contributed by atoms with Crippen molar-refractivity contribution in [3.05, 3.63) is 84.1 Å². The number of hydrogen-bond acceptors (Lipinski definition) is 4. The van der Waals surface area contributed by atoms with Gasteiger partial charge in [-0.15, -0.1) is 0 Å². The zero-order valence-corrected chi connectivity index (χ0v) is 18.0. The number of amides is 1. The Morgan fingerprint density at radius 1 is 1.12 bits per heavy atom. The molecule has 32 heavy (non-hydrogen) atoms. The summed E-state index contributed by atoms with van der Waals surface area (Å²) in [4.78, 5) is 17.0. The molecule has 0 radical (unpaired) electrons. The molecule has 0 aliphatic carbocycles. The number of aryl methyl sites for hydroxylation is 1. The minimum atomic E-state index is -0.294. The number of ether oxygens (including phenoxy) is 1. The summed E-state index contributed by atoms with van der Waals surface area (Å²) in [7, 11) is 3.54. The Hall–Kier alpha value is -3.78. The van der Waals surface area contributed by atoms with Crippen molar-refractivity contribution in [2.75, 3.05) is 13.7 Å². The Labute approximate surface area is 185 Å². The molecule has 2 aromatic heterocycles. The Kier molecular flexibility index (Phi) is 6.42. The Balaban J connectivity index is 1.52. The third kappa shape index (κ3) is 4.60. The molecule has 164 valence electrons. The van der Waals surface area contributed by atoms with Crippen LogP contribution < -0.4 is 5.32 Å². The van der Waals surface area contributed by atoms with Crippen LogP contribution in [0.3, 0.4) is 0 Å². The molecule has 4 aromatic rings. The van der Waals surface area contributed by atoms with Crippen molar-refractivity contribution in [1.82, 2.24) is 24.6 Å². The van der Waals surface area contributed by atoms with E-state index in [9.17, 15) is 9.18 Å². The maximum atomic E-state index is 13.4. The number of carbonyl (C=O) groups excluding carboxylic acids is 1. The van der Waals surface area contributed by atoms with Gasteiger partial charge in [-0.25, -0.2) is 9.37 Å². The maximum Gasteiger partial charge on any atom is 0.251 e. The van der Waals surface area contributed by atoms with Crippen LogP contribution in [-0.2, 0) is 24.9 Å². The molecular formula is C24H24FN5O2. The normalized spacial score (nSPS) is 11.0. The summed E-state index contributed by atoms with van der Waals surface area (Å²) in [5.41, 5.74) is 4.09. The highest BCUT2D eigenvalue weighted by Crippen LogP contribution is 2.31. The summed E-state index contributed by atoms with van der Waals surface area (Å²) < 4.78 is 22.2. The van der Waals surface area contributed by atoms with Crippen LogP contribution in [0, 0.1) is 5.82 Å². The minimum absolute atomic E-state index is 0.154. The van der Waals surface area contributed by atoms with Crippen LogP contribution in [0.15, 0.2) is 67.1 Å². The van der Waals surface area contributed by atoms with Gasteiger partial charge in [0.15, 0.2) is 5.82 Å². The van der Waals surface area contributed by atoms with Gasteiger partial charge in [-0.05, 0) is 35.4 Å². The molecule has 0 atom stereocenters. The predicted molar refractivity (Wildman–Crippen MR) is 119 cm³/mol. The fraction of sp³-hybridized carbons (Fsp3) is 0.208. The molecule has 7 nitrogen and oxygen atoms in total. The van der Waals surface area contributed by atoms with Crippen molar-refractivity contribution >= 4 is 5.91 Å². The number of hydrogen-bond donors (Lipinski definition) is 1. The summed E-state index contributed by atoms with van der Waals surface area (Å²) in [5, 5.41) is 7.45. The van der Waals surface area contributed by atoms with Gasteiger partial charge < -0.3 is 14.6 Å². The van der Waals surface area contributed by atoms with E-state index in [1.165, 1.54) is 12.1 Å². The topological polar surface area (TPSA) is 74.0 Å². The lowest BCUT2D eigenvalue weighted by molar-refractivity contribution is 0.0952. The summed E-state index contributed by atoms with van der Waals surface area (Å²) in [6.45, 7) is 1.35. The van der Waals surface area contributed by atoms with Crippen LogP contribution in [-0.4, -0.2) is 38.9 Å². The van der Waals surface area contributed by atoms with E-state index in [0.717, 1.165) is 28.2 Å². The Bertz CT molecular complexity index is 1200. The van der Waals surface area contributed by atoms with Gasteiger partial charge in [0.05, 0.1) is 19.3 Å². The van der Waals surface area contributed by atoms with Crippen molar-refractivity contribution in [3.63, 3.8) is 0 Å². The van der Waals surface area contributed by atoms with E-state index in [2.05, 4.69) is 15.4 Å². The largest absolute Gasteiger partial charge is 0.380 e. The van der Waals surface area contributed by atoms with Crippen LogP contribution in [0.2, 0.25) is 0 Å². The lowest BCUT2D eigenvalue weighted by Gasteiger charge is -2.11. The van der Waals surface area contributed by atoms with Crippen LogP contribution in [0.25, 0.3) is 22.6 Å². The average Bonchev–Trinajstić information content (AvgIpc) is 3.40. The molecule has 0 saturated carbocycles. The van der Waals surface area contributed by atoms with Crippen LogP contribution in [0.4, 0.5) is 4.39 Å². The molecule has 2 aromatic carbocycles. The van der Waals surface area contributed by atoms with Crippen molar-refractivity contribution in [2.24, 2.45) is 7.05 Å². The number of nitrogens with zero attached hydrogens (tertiary/aromatic N) is 4. The van der Waals surface area contributed by atoms with E-state index in [1.54, 1.807) is 43.8 Å². The molecule has 0 fully saturated rings. The molecule has 0 spiro atoms. The fourth-order valence-electron chi connectivity index (χ4n) is 3.52. The number of benzene rings is 2. The Morgan fingerprint density at radius 2 is 1.88 bits per heavy atom. The van der Waals surface area contributed by atoms with E-state index in [0.29, 0.717) is 25.3 Å². The number of aromatic nitrogens is 4. The van der Waals surface area contributed by atoms with Gasteiger partial charge in [0, 0.05) is 44.2 Å². The highest BCUT2D eigenvalue weighted by Gasteiger charge is 2.18. The molecule has 2 heterocycles. The molecule has 1 amide bonds. The van der Waals surface area contributed by atoms with Gasteiger partial charge in [0.25, 0.3) is 5.91 Å². The second-order valence-corrected chi connectivity index (χ2v) is 7.38.